The molecule has 1 N–H and O–H groups in total. The summed E-state index contributed by atoms with van der Waals surface area (Å²) in [5.41, 5.74) is 0.460. The highest BCUT2D eigenvalue weighted by Crippen LogP contribution is 2.40. The molecule has 0 heterocycles. The zero-order chi connectivity index (χ0) is 10.8. The fraction of sp³-hybridized carbons (Fsp3) is 1.00. The van der Waals surface area contributed by atoms with Crippen LogP contribution in [-0.2, 0) is 0 Å². The van der Waals surface area contributed by atoms with E-state index >= 15 is 0 Å². The Balaban J connectivity index is 2.39. The standard InChI is InChI=1S/C13H26O/c1-5-12(14)10-6-8-11(9-7-10)13(2,3)4/h10-12,14H,5-9H2,1-4H3/t10?,11?,12-/m0/s1. The van der Waals surface area contributed by atoms with Crippen LogP contribution in [-0.4, -0.2) is 11.2 Å². The maximum absolute atomic E-state index is 9.77. The van der Waals surface area contributed by atoms with Gasteiger partial charge in [-0.2, -0.15) is 0 Å². The predicted molar refractivity (Wildman–Crippen MR) is 61.2 cm³/mol. The average Bonchev–Trinajstić information content (AvgIpc) is 2.15. The maximum Gasteiger partial charge on any atom is 0.0565 e. The van der Waals surface area contributed by atoms with Crippen LogP contribution in [0.4, 0.5) is 0 Å². The fourth-order valence-electron chi connectivity index (χ4n) is 2.70. The monoisotopic (exact) mass is 198 g/mol. The first kappa shape index (κ1) is 12.0. The summed E-state index contributed by atoms with van der Waals surface area (Å²) in [7, 11) is 0. The van der Waals surface area contributed by atoms with Crippen molar-refractivity contribution in [3.05, 3.63) is 0 Å². The van der Waals surface area contributed by atoms with E-state index in [4.69, 9.17) is 0 Å². The largest absolute Gasteiger partial charge is 0.393 e. The molecule has 84 valence electrons. The third-order valence-electron chi connectivity index (χ3n) is 3.96. The van der Waals surface area contributed by atoms with Crippen molar-refractivity contribution in [3.63, 3.8) is 0 Å². The van der Waals surface area contributed by atoms with E-state index in [0.717, 1.165) is 12.3 Å². The second-order valence-electron chi connectivity index (χ2n) is 5.95. The molecule has 0 radical (unpaired) electrons. The topological polar surface area (TPSA) is 20.2 Å². The molecule has 0 unspecified atom stereocenters. The van der Waals surface area contributed by atoms with Gasteiger partial charge >= 0.3 is 0 Å². The second-order valence-corrected chi connectivity index (χ2v) is 5.95. The lowest BCUT2D eigenvalue weighted by molar-refractivity contribution is 0.0512. The molecule has 1 saturated carbocycles. The fourth-order valence-corrected chi connectivity index (χ4v) is 2.70. The molecule has 0 aromatic heterocycles. The Labute approximate surface area is 88.9 Å². The lowest BCUT2D eigenvalue weighted by Gasteiger charge is -2.38. The van der Waals surface area contributed by atoms with Crippen LogP contribution in [0.3, 0.4) is 0 Å². The minimum Gasteiger partial charge on any atom is -0.393 e. The summed E-state index contributed by atoms with van der Waals surface area (Å²) in [6, 6.07) is 0. The Hall–Kier alpha value is -0.0400. The van der Waals surface area contributed by atoms with Gasteiger partial charge in [-0.05, 0) is 49.4 Å². The van der Waals surface area contributed by atoms with E-state index in [-0.39, 0.29) is 6.10 Å². The Bertz CT molecular complexity index is 161. The lowest BCUT2D eigenvalue weighted by atomic mass is 9.69. The molecule has 0 amide bonds. The van der Waals surface area contributed by atoms with Crippen LogP contribution >= 0.6 is 0 Å². The van der Waals surface area contributed by atoms with E-state index in [9.17, 15) is 5.11 Å². The van der Waals surface area contributed by atoms with Gasteiger partial charge in [0.25, 0.3) is 0 Å². The normalized spacial score (nSPS) is 31.5. The molecule has 1 heteroatoms. The Kier molecular flexibility index (Phi) is 4.00. The van der Waals surface area contributed by atoms with Gasteiger partial charge in [0.2, 0.25) is 0 Å². The summed E-state index contributed by atoms with van der Waals surface area (Å²) in [5.74, 6) is 1.45. The highest BCUT2D eigenvalue weighted by molar-refractivity contribution is 4.82. The van der Waals surface area contributed by atoms with Crippen molar-refractivity contribution in [1.29, 1.82) is 0 Å². The zero-order valence-electron chi connectivity index (χ0n) is 10.2. The summed E-state index contributed by atoms with van der Waals surface area (Å²) < 4.78 is 0. The summed E-state index contributed by atoms with van der Waals surface area (Å²) in [5, 5.41) is 9.77. The molecule has 1 aliphatic rings. The molecular formula is C13H26O. The Morgan fingerprint density at radius 3 is 2.00 bits per heavy atom. The van der Waals surface area contributed by atoms with Gasteiger partial charge in [-0.25, -0.2) is 0 Å². The first-order valence-electron chi connectivity index (χ1n) is 6.13. The number of rotatable bonds is 2. The van der Waals surface area contributed by atoms with Crippen LogP contribution in [0.25, 0.3) is 0 Å². The van der Waals surface area contributed by atoms with Crippen LogP contribution in [0.2, 0.25) is 0 Å². The number of hydrogen-bond acceptors (Lipinski definition) is 1. The third kappa shape index (κ3) is 2.98. The van der Waals surface area contributed by atoms with E-state index < -0.39 is 0 Å². The number of aliphatic hydroxyl groups excluding tert-OH is 1. The van der Waals surface area contributed by atoms with Gasteiger partial charge in [-0.1, -0.05) is 27.7 Å². The molecule has 1 rings (SSSR count). The van der Waals surface area contributed by atoms with Crippen molar-refractivity contribution in [1.82, 2.24) is 0 Å². The van der Waals surface area contributed by atoms with E-state index in [2.05, 4.69) is 27.7 Å². The van der Waals surface area contributed by atoms with Gasteiger partial charge in [0.15, 0.2) is 0 Å². The molecule has 0 saturated heterocycles. The molecule has 0 aromatic rings. The molecule has 0 aliphatic heterocycles. The second kappa shape index (κ2) is 4.65. The molecule has 1 atom stereocenters. The Morgan fingerprint density at radius 2 is 1.64 bits per heavy atom. The third-order valence-corrected chi connectivity index (χ3v) is 3.96. The highest BCUT2D eigenvalue weighted by Gasteiger charge is 2.31. The SMILES string of the molecule is CC[C@H](O)C1CCC(C(C)(C)C)CC1. The lowest BCUT2D eigenvalue weighted by Crippen LogP contribution is -2.30. The Morgan fingerprint density at radius 1 is 1.14 bits per heavy atom. The van der Waals surface area contributed by atoms with Crippen molar-refractivity contribution >= 4 is 0 Å². The van der Waals surface area contributed by atoms with Gasteiger partial charge in [-0.3, -0.25) is 0 Å². The first-order chi connectivity index (χ1) is 6.45. The molecule has 1 nitrogen and oxygen atoms in total. The quantitative estimate of drug-likeness (QED) is 0.718. The summed E-state index contributed by atoms with van der Waals surface area (Å²) in [4.78, 5) is 0. The van der Waals surface area contributed by atoms with Crippen LogP contribution in [0, 0.1) is 17.3 Å². The van der Waals surface area contributed by atoms with Crippen LogP contribution < -0.4 is 0 Å². The molecule has 14 heavy (non-hydrogen) atoms. The molecule has 0 aromatic carbocycles. The van der Waals surface area contributed by atoms with E-state index in [1.54, 1.807) is 0 Å². The van der Waals surface area contributed by atoms with Crippen molar-refractivity contribution in [2.24, 2.45) is 17.3 Å². The molecule has 1 fully saturated rings. The minimum atomic E-state index is -0.0454. The van der Waals surface area contributed by atoms with Gasteiger partial charge in [-0.15, -0.1) is 0 Å². The van der Waals surface area contributed by atoms with Crippen LogP contribution in [0.5, 0.6) is 0 Å². The zero-order valence-corrected chi connectivity index (χ0v) is 10.2. The average molecular weight is 198 g/mol. The van der Waals surface area contributed by atoms with Crippen LogP contribution in [0.15, 0.2) is 0 Å². The van der Waals surface area contributed by atoms with Gasteiger partial charge < -0.3 is 5.11 Å². The highest BCUT2D eigenvalue weighted by atomic mass is 16.3. The number of aliphatic hydroxyl groups is 1. The molecule has 0 bridgehead atoms. The smallest absolute Gasteiger partial charge is 0.0565 e. The molecule has 0 spiro atoms. The minimum absolute atomic E-state index is 0.0454. The van der Waals surface area contributed by atoms with Crippen molar-refractivity contribution in [2.45, 2.75) is 65.9 Å². The van der Waals surface area contributed by atoms with Crippen LogP contribution in [0.1, 0.15) is 59.8 Å². The van der Waals surface area contributed by atoms with E-state index in [1.807, 2.05) is 0 Å². The summed E-state index contributed by atoms with van der Waals surface area (Å²) in [6.45, 7) is 9.11. The first-order valence-corrected chi connectivity index (χ1v) is 6.13. The van der Waals surface area contributed by atoms with Gasteiger partial charge in [0, 0.05) is 0 Å². The number of hydrogen-bond donors (Lipinski definition) is 1. The molecular weight excluding hydrogens is 172 g/mol. The van der Waals surface area contributed by atoms with Crippen molar-refractivity contribution in [2.75, 3.05) is 0 Å². The summed E-state index contributed by atoms with van der Waals surface area (Å²) in [6.07, 6.45) is 5.96. The van der Waals surface area contributed by atoms with Crippen molar-refractivity contribution in [3.8, 4) is 0 Å². The van der Waals surface area contributed by atoms with E-state index in [0.29, 0.717) is 11.3 Å². The maximum atomic E-state index is 9.77. The van der Waals surface area contributed by atoms with Gasteiger partial charge in [0.05, 0.1) is 6.10 Å². The predicted octanol–water partition coefficient (Wildman–Crippen LogP) is 3.61. The van der Waals surface area contributed by atoms with Gasteiger partial charge in [0.1, 0.15) is 0 Å². The van der Waals surface area contributed by atoms with Crippen molar-refractivity contribution < 1.29 is 5.11 Å². The summed E-state index contributed by atoms with van der Waals surface area (Å²) >= 11 is 0. The van der Waals surface area contributed by atoms with E-state index in [1.165, 1.54) is 25.7 Å². The molecule has 1 aliphatic carbocycles.